The number of carbonyl (C=O) groups is 1. The van der Waals surface area contributed by atoms with Gasteiger partial charge in [0.05, 0.1) is 13.2 Å². The van der Waals surface area contributed by atoms with Crippen LogP contribution in [0.2, 0.25) is 0 Å². The van der Waals surface area contributed by atoms with Crippen LogP contribution in [0.3, 0.4) is 0 Å². The van der Waals surface area contributed by atoms with Crippen LogP contribution in [-0.2, 0) is 14.9 Å². The van der Waals surface area contributed by atoms with Gasteiger partial charge in [-0.15, -0.1) is 0 Å². The van der Waals surface area contributed by atoms with E-state index in [9.17, 15) is 4.79 Å². The Kier molecular flexibility index (Phi) is 6.25. The van der Waals surface area contributed by atoms with E-state index in [-0.39, 0.29) is 10.8 Å². The molecule has 118 valence electrons. The topological polar surface area (TPSA) is 35.5 Å². The molecule has 0 unspecified atom stereocenters. The van der Waals surface area contributed by atoms with Crippen LogP contribution >= 0.6 is 0 Å². The Morgan fingerprint density at radius 3 is 2.33 bits per heavy atom. The Balaban J connectivity index is 2.76. The SMILES string of the molecule is CC(C)(C)CC(C)(C)c1ccccc1OCCCOC=O. The minimum absolute atomic E-state index is 0.0497. The molecule has 0 spiro atoms. The van der Waals surface area contributed by atoms with Crippen molar-refractivity contribution in [2.75, 3.05) is 13.2 Å². The van der Waals surface area contributed by atoms with Gasteiger partial charge in [-0.05, 0) is 28.9 Å². The quantitative estimate of drug-likeness (QED) is 0.528. The predicted octanol–water partition coefficient (Wildman–Crippen LogP) is 4.34. The van der Waals surface area contributed by atoms with E-state index in [1.807, 2.05) is 12.1 Å². The van der Waals surface area contributed by atoms with Crippen molar-refractivity contribution in [2.24, 2.45) is 5.41 Å². The number of hydrogen-bond donors (Lipinski definition) is 0. The van der Waals surface area contributed by atoms with Crippen molar-refractivity contribution in [3.63, 3.8) is 0 Å². The molecule has 1 aromatic carbocycles. The van der Waals surface area contributed by atoms with Gasteiger partial charge in [0.15, 0.2) is 0 Å². The second-order valence-electron chi connectivity index (χ2n) is 7.29. The molecule has 0 aromatic heterocycles. The summed E-state index contributed by atoms with van der Waals surface area (Å²) < 4.78 is 10.6. The van der Waals surface area contributed by atoms with Crippen molar-refractivity contribution in [2.45, 2.75) is 52.9 Å². The molecule has 1 rings (SSSR count). The van der Waals surface area contributed by atoms with Crippen molar-refractivity contribution in [1.82, 2.24) is 0 Å². The molecule has 0 aliphatic heterocycles. The molecule has 0 saturated carbocycles. The molecule has 0 fully saturated rings. The first-order chi connectivity index (χ1) is 9.76. The number of hydrogen-bond acceptors (Lipinski definition) is 3. The van der Waals surface area contributed by atoms with Crippen molar-refractivity contribution in [3.05, 3.63) is 29.8 Å². The number of rotatable bonds is 8. The van der Waals surface area contributed by atoms with Crippen LogP contribution in [0.4, 0.5) is 0 Å². The maximum Gasteiger partial charge on any atom is 0.293 e. The van der Waals surface area contributed by atoms with Gasteiger partial charge in [-0.2, -0.15) is 0 Å². The summed E-state index contributed by atoms with van der Waals surface area (Å²) in [6.07, 6.45) is 1.78. The lowest BCUT2D eigenvalue weighted by molar-refractivity contribution is -0.128. The zero-order valence-electron chi connectivity index (χ0n) is 13.9. The summed E-state index contributed by atoms with van der Waals surface area (Å²) in [6.45, 7) is 12.7. The highest BCUT2D eigenvalue weighted by molar-refractivity contribution is 5.39. The summed E-state index contributed by atoms with van der Waals surface area (Å²) in [4.78, 5) is 10.1. The second-order valence-corrected chi connectivity index (χ2v) is 7.29. The van der Waals surface area contributed by atoms with Crippen LogP contribution in [0.5, 0.6) is 5.75 Å². The monoisotopic (exact) mass is 292 g/mol. The van der Waals surface area contributed by atoms with E-state index in [0.29, 0.717) is 26.1 Å². The Bertz CT molecular complexity index is 444. The zero-order chi connectivity index (χ0) is 15.9. The molecule has 0 amide bonds. The Morgan fingerprint density at radius 1 is 1.05 bits per heavy atom. The predicted molar refractivity (Wildman–Crippen MR) is 85.7 cm³/mol. The molecule has 0 bridgehead atoms. The molecule has 0 aliphatic carbocycles. The lowest BCUT2D eigenvalue weighted by atomic mass is 9.72. The average Bonchev–Trinajstić information content (AvgIpc) is 2.36. The highest BCUT2D eigenvalue weighted by Crippen LogP contribution is 2.40. The lowest BCUT2D eigenvalue weighted by Crippen LogP contribution is -2.25. The average molecular weight is 292 g/mol. The fourth-order valence-electron chi connectivity index (χ4n) is 2.95. The molecular formula is C18H28O3. The van der Waals surface area contributed by atoms with E-state index in [2.05, 4.69) is 51.5 Å². The van der Waals surface area contributed by atoms with E-state index in [1.165, 1.54) is 5.56 Å². The molecule has 0 N–H and O–H groups in total. The molecule has 21 heavy (non-hydrogen) atoms. The Morgan fingerprint density at radius 2 is 1.71 bits per heavy atom. The third-order valence-corrected chi connectivity index (χ3v) is 3.32. The van der Waals surface area contributed by atoms with Gasteiger partial charge < -0.3 is 9.47 Å². The van der Waals surface area contributed by atoms with Crippen molar-refractivity contribution < 1.29 is 14.3 Å². The zero-order valence-corrected chi connectivity index (χ0v) is 13.9. The number of para-hydroxylation sites is 1. The van der Waals surface area contributed by atoms with Gasteiger partial charge in [0, 0.05) is 6.42 Å². The molecule has 0 heterocycles. The summed E-state index contributed by atoms with van der Waals surface area (Å²) in [5.74, 6) is 0.929. The maximum absolute atomic E-state index is 10.1. The third-order valence-electron chi connectivity index (χ3n) is 3.32. The highest BCUT2D eigenvalue weighted by atomic mass is 16.5. The van der Waals surface area contributed by atoms with Crippen LogP contribution in [0.1, 0.15) is 53.0 Å². The van der Waals surface area contributed by atoms with Gasteiger partial charge in [0.2, 0.25) is 0 Å². The van der Waals surface area contributed by atoms with Crippen LogP contribution in [-0.4, -0.2) is 19.7 Å². The fourth-order valence-corrected chi connectivity index (χ4v) is 2.95. The maximum atomic E-state index is 10.1. The van der Waals surface area contributed by atoms with Crippen LogP contribution in [0, 0.1) is 5.41 Å². The minimum Gasteiger partial charge on any atom is -0.493 e. The highest BCUT2D eigenvalue weighted by Gasteiger charge is 2.29. The van der Waals surface area contributed by atoms with Crippen molar-refractivity contribution in [3.8, 4) is 5.75 Å². The minimum atomic E-state index is 0.0497. The Labute approximate surface area is 128 Å². The standard InChI is InChI=1S/C18H28O3/c1-17(2,3)13-18(4,5)15-9-6-7-10-16(15)21-12-8-11-20-14-19/h6-7,9-10,14H,8,11-13H2,1-5H3. The summed E-state index contributed by atoms with van der Waals surface area (Å²) in [7, 11) is 0. The van der Waals surface area contributed by atoms with Gasteiger partial charge in [-0.25, -0.2) is 0 Å². The van der Waals surface area contributed by atoms with Gasteiger partial charge >= 0.3 is 0 Å². The molecular weight excluding hydrogens is 264 g/mol. The van der Waals surface area contributed by atoms with Crippen LogP contribution < -0.4 is 4.74 Å². The number of benzene rings is 1. The molecule has 1 aromatic rings. The Hall–Kier alpha value is -1.51. The van der Waals surface area contributed by atoms with E-state index < -0.39 is 0 Å². The van der Waals surface area contributed by atoms with Gasteiger partial charge in [0.25, 0.3) is 6.47 Å². The smallest absolute Gasteiger partial charge is 0.293 e. The van der Waals surface area contributed by atoms with Crippen molar-refractivity contribution in [1.29, 1.82) is 0 Å². The first kappa shape index (κ1) is 17.5. The second kappa shape index (κ2) is 7.48. The van der Waals surface area contributed by atoms with E-state index in [4.69, 9.17) is 4.74 Å². The molecule has 0 aliphatic rings. The normalized spacial score (nSPS) is 12.0. The number of ether oxygens (including phenoxy) is 2. The molecule has 0 saturated heterocycles. The summed E-state index contributed by atoms with van der Waals surface area (Å²) in [5, 5.41) is 0. The van der Waals surface area contributed by atoms with Crippen LogP contribution in [0.15, 0.2) is 24.3 Å². The molecule has 0 radical (unpaired) electrons. The number of carbonyl (C=O) groups excluding carboxylic acids is 1. The summed E-state index contributed by atoms with van der Waals surface area (Å²) in [5.41, 5.74) is 1.54. The van der Waals surface area contributed by atoms with Gasteiger partial charge in [-0.3, -0.25) is 4.79 Å². The summed E-state index contributed by atoms with van der Waals surface area (Å²) >= 11 is 0. The van der Waals surface area contributed by atoms with E-state index >= 15 is 0 Å². The fraction of sp³-hybridized carbons (Fsp3) is 0.611. The largest absolute Gasteiger partial charge is 0.493 e. The third kappa shape index (κ3) is 6.19. The molecule has 0 atom stereocenters. The van der Waals surface area contributed by atoms with Gasteiger partial charge in [-0.1, -0.05) is 52.8 Å². The van der Waals surface area contributed by atoms with E-state index in [1.54, 1.807) is 0 Å². The summed E-state index contributed by atoms with van der Waals surface area (Å²) in [6, 6.07) is 8.21. The first-order valence-corrected chi connectivity index (χ1v) is 7.54. The molecule has 3 nitrogen and oxygen atoms in total. The van der Waals surface area contributed by atoms with Gasteiger partial charge in [0.1, 0.15) is 5.75 Å². The van der Waals surface area contributed by atoms with Crippen molar-refractivity contribution >= 4 is 6.47 Å². The molecule has 3 heteroatoms. The van der Waals surface area contributed by atoms with E-state index in [0.717, 1.165) is 12.2 Å². The first-order valence-electron chi connectivity index (χ1n) is 7.54. The van der Waals surface area contributed by atoms with Crippen LogP contribution in [0.25, 0.3) is 0 Å². The lowest BCUT2D eigenvalue weighted by Gasteiger charge is -2.34.